The maximum absolute atomic E-state index is 12.0. The van der Waals surface area contributed by atoms with Crippen LogP contribution in [0.2, 0.25) is 0 Å². The fraction of sp³-hybridized carbons (Fsp3) is 0.409. The number of carbonyl (C=O) groups excluding carboxylic acids is 1. The number of aliphatic imine (C=N–C) groups is 1. The third-order valence-electron chi connectivity index (χ3n) is 4.78. The lowest BCUT2D eigenvalue weighted by atomic mass is 10.2. The predicted octanol–water partition coefficient (Wildman–Crippen LogP) is 3.43. The lowest BCUT2D eigenvalue weighted by molar-refractivity contribution is 0.0531. The molecular formula is C22H29N5O2S. The zero-order valence-corrected chi connectivity index (χ0v) is 18.8. The Morgan fingerprint density at radius 1 is 1.37 bits per heavy atom. The summed E-state index contributed by atoms with van der Waals surface area (Å²) in [6.07, 6.45) is 4.37. The second-order valence-corrected chi connectivity index (χ2v) is 8.06. The Balaban J connectivity index is 1.59. The van der Waals surface area contributed by atoms with Gasteiger partial charge in [-0.2, -0.15) is 0 Å². The van der Waals surface area contributed by atoms with Crippen molar-refractivity contribution in [2.24, 2.45) is 4.99 Å². The van der Waals surface area contributed by atoms with E-state index in [4.69, 9.17) is 4.74 Å². The normalized spacial score (nSPS) is 14.7. The van der Waals surface area contributed by atoms with Gasteiger partial charge in [0.1, 0.15) is 9.88 Å². The van der Waals surface area contributed by atoms with E-state index in [-0.39, 0.29) is 12.0 Å². The molecule has 0 aliphatic carbocycles. The second kappa shape index (κ2) is 10.2. The minimum Gasteiger partial charge on any atom is -0.462 e. The zero-order valence-electron chi connectivity index (χ0n) is 17.9. The van der Waals surface area contributed by atoms with Crippen LogP contribution in [-0.2, 0) is 11.3 Å². The minimum atomic E-state index is -0.318. The van der Waals surface area contributed by atoms with Crippen LogP contribution >= 0.6 is 11.3 Å². The number of ether oxygens (including phenoxy) is 1. The van der Waals surface area contributed by atoms with E-state index in [9.17, 15) is 4.79 Å². The fourth-order valence-corrected chi connectivity index (χ4v) is 4.15. The SMILES string of the molecule is CCOC(=O)c1sc(C(C)NC(=NC)NCc2cccc(N3CC=CC3)c2)nc1C. The van der Waals surface area contributed by atoms with Crippen LogP contribution in [0.5, 0.6) is 0 Å². The number of anilines is 1. The molecule has 2 aromatic rings. The number of guanidine groups is 1. The summed E-state index contributed by atoms with van der Waals surface area (Å²) in [6.45, 7) is 8.55. The van der Waals surface area contributed by atoms with Gasteiger partial charge in [0.2, 0.25) is 0 Å². The van der Waals surface area contributed by atoms with Crippen LogP contribution in [-0.4, -0.2) is 43.7 Å². The zero-order chi connectivity index (χ0) is 21.5. The van der Waals surface area contributed by atoms with E-state index in [0.29, 0.717) is 29.7 Å². The molecular weight excluding hydrogens is 398 g/mol. The molecule has 160 valence electrons. The largest absolute Gasteiger partial charge is 0.462 e. The van der Waals surface area contributed by atoms with E-state index in [0.717, 1.165) is 18.1 Å². The van der Waals surface area contributed by atoms with Crippen molar-refractivity contribution in [3.8, 4) is 0 Å². The number of rotatable bonds is 7. The van der Waals surface area contributed by atoms with Gasteiger partial charge in [-0.3, -0.25) is 4.99 Å². The number of hydrogen-bond donors (Lipinski definition) is 2. The monoisotopic (exact) mass is 427 g/mol. The van der Waals surface area contributed by atoms with Gasteiger partial charge in [0.15, 0.2) is 5.96 Å². The quantitative estimate of drug-likeness (QED) is 0.305. The Labute approximate surface area is 181 Å². The summed E-state index contributed by atoms with van der Waals surface area (Å²) in [6, 6.07) is 8.43. The van der Waals surface area contributed by atoms with Crippen LogP contribution in [0.4, 0.5) is 5.69 Å². The number of esters is 1. The van der Waals surface area contributed by atoms with Crippen LogP contribution < -0.4 is 15.5 Å². The molecule has 30 heavy (non-hydrogen) atoms. The molecule has 3 rings (SSSR count). The molecule has 1 aromatic heterocycles. The van der Waals surface area contributed by atoms with E-state index < -0.39 is 0 Å². The third kappa shape index (κ3) is 5.38. The molecule has 8 heteroatoms. The van der Waals surface area contributed by atoms with Gasteiger partial charge in [-0.1, -0.05) is 24.3 Å². The van der Waals surface area contributed by atoms with Crippen molar-refractivity contribution < 1.29 is 9.53 Å². The first-order valence-electron chi connectivity index (χ1n) is 10.1. The first-order valence-corrected chi connectivity index (χ1v) is 10.9. The highest BCUT2D eigenvalue weighted by Gasteiger charge is 2.20. The van der Waals surface area contributed by atoms with Crippen molar-refractivity contribution in [2.75, 3.05) is 31.6 Å². The molecule has 0 saturated heterocycles. The summed E-state index contributed by atoms with van der Waals surface area (Å²) in [4.78, 5) is 23.8. The maximum Gasteiger partial charge on any atom is 0.350 e. The molecule has 0 fully saturated rings. The number of benzene rings is 1. The molecule has 0 radical (unpaired) electrons. The Hall–Kier alpha value is -2.87. The number of nitrogens with zero attached hydrogens (tertiary/aromatic N) is 3. The molecule has 0 amide bonds. The van der Waals surface area contributed by atoms with Gasteiger partial charge in [-0.15, -0.1) is 11.3 Å². The van der Waals surface area contributed by atoms with Crippen LogP contribution in [0.25, 0.3) is 0 Å². The summed E-state index contributed by atoms with van der Waals surface area (Å²) >= 11 is 1.36. The lowest BCUT2D eigenvalue weighted by Crippen LogP contribution is -2.38. The summed E-state index contributed by atoms with van der Waals surface area (Å²) in [5.74, 6) is 0.364. The number of thiazole rings is 1. The number of carbonyl (C=O) groups is 1. The van der Waals surface area contributed by atoms with Gasteiger partial charge < -0.3 is 20.3 Å². The van der Waals surface area contributed by atoms with Crippen LogP contribution in [0, 0.1) is 6.92 Å². The molecule has 2 N–H and O–H groups in total. The van der Waals surface area contributed by atoms with Crippen molar-refractivity contribution >= 4 is 29.0 Å². The standard InChI is InChI=1S/C22H29N5O2S/c1-5-29-21(28)19-15(2)25-20(30-19)16(3)26-22(23-4)24-14-17-9-8-10-18(13-17)27-11-6-7-12-27/h6-10,13,16H,5,11-12,14H2,1-4H3,(H2,23,24,26). The van der Waals surface area contributed by atoms with Crippen LogP contribution in [0.15, 0.2) is 41.4 Å². The number of aryl methyl sites for hydroxylation is 1. The minimum absolute atomic E-state index is 0.0925. The summed E-state index contributed by atoms with van der Waals surface area (Å²) in [5, 5.41) is 7.53. The Morgan fingerprint density at radius 3 is 2.83 bits per heavy atom. The lowest BCUT2D eigenvalue weighted by Gasteiger charge is -2.19. The van der Waals surface area contributed by atoms with E-state index in [1.54, 1.807) is 14.0 Å². The second-order valence-electron chi connectivity index (χ2n) is 7.03. The average molecular weight is 428 g/mol. The molecule has 1 aliphatic heterocycles. The maximum atomic E-state index is 12.0. The molecule has 7 nitrogen and oxygen atoms in total. The van der Waals surface area contributed by atoms with Gasteiger partial charge in [0.05, 0.1) is 18.3 Å². The van der Waals surface area contributed by atoms with Crippen molar-refractivity contribution in [1.29, 1.82) is 0 Å². The van der Waals surface area contributed by atoms with Crippen molar-refractivity contribution in [1.82, 2.24) is 15.6 Å². The molecule has 0 spiro atoms. The van der Waals surface area contributed by atoms with Gasteiger partial charge >= 0.3 is 5.97 Å². The first kappa shape index (κ1) is 21.8. The summed E-state index contributed by atoms with van der Waals surface area (Å²) < 4.78 is 5.11. The van der Waals surface area contributed by atoms with Crippen LogP contribution in [0.1, 0.15) is 45.8 Å². The summed E-state index contributed by atoms with van der Waals surface area (Å²) in [7, 11) is 1.74. The van der Waals surface area contributed by atoms with Gasteiger partial charge in [0.25, 0.3) is 0 Å². The molecule has 2 heterocycles. The molecule has 1 atom stereocenters. The van der Waals surface area contributed by atoms with Gasteiger partial charge in [-0.25, -0.2) is 9.78 Å². The topological polar surface area (TPSA) is 78.8 Å². The highest BCUT2D eigenvalue weighted by atomic mass is 32.1. The third-order valence-corrected chi connectivity index (χ3v) is 6.10. The highest BCUT2D eigenvalue weighted by Crippen LogP contribution is 2.24. The van der Waals surface area contributed by atoms with Crippen molar-refractivity contribution in [3.05, 3.63) is 57.6 Å². The Morgan fingerprint density at radius 2 is 2.13 bits per heavy atom. The smallest absolute Gasteiger partial charge is 0.350 e. The Bertz CT molecular complexity index is 929. The van der Waals surface area contributed by atoms with E-state index in [2.05, 4.69) is 61.9 Å². The number of aromatic nitrogens is 1. The molecule has 0 saturated carbocycles. The van der Waals surface area contributed by atoms with E-state index in [1.165, 1.54) is 22.6 Å². The first-order chi connectivity index (χ1) is 14.5. The van der Waals surface area contributed by atoms with E-state index >= 15 is 0 Å². The molecule has 1 aromatic carbocycles. The molecule has 1 unspecified atom stereocenters. The summed E-state index contributed by atoms with van der Waals surface area (Å²) in [5.41, 5.74) is 3.10. The molecule has 0 bridgehead atoms. The van der Waals surface area contributed by atoms with Crippen molar-refractivity contribution in [3.63, 3.8) is 0 Å². The average Bonchev–Trinajstić information content (AvgIpc) is 3.41. The van der Waals surface area contributed by atoms with Gasteiger partial charge in [0, 0.05) is 32.4 Å². The van der Waals surface area contributed by atoms with Crippen molar-refractivity contribution in [2.45, 2.75) is 33.4 Å². The number of nitrogens with one attached hydrogen (secondary N) is 2. The number of hydrogen-bond acceptors (Lipinski definition) is 6. The Kier molecular flexibility index (Phi) is 7.46. The molecule has 1 aliphatic rings. The van der Waals surface area contributed by atoms with E-state index in [1.807, 2.05) is 13.8 Å². The fourth-order valence-electron chi connectivity index (χ4n) is 3.19. The van der Waals surface area contributed by atoms with Gasteiger partial charge in [-0.05, 0) is 38.5 Å². The van der Waals surface area contributed by atoms with Crippen LogP contribution in [0.3, 0.4) is 0 Å². The predicted molar refractivity (Wildman–Crippen MR) is 122 cm³/mol. The highest BCUT2D eigenvalue weighted by molar-refractivity contribution is 7.13.